The van der Waals surface area contributed by atoms with Crippen LogP contribution in [-0.2, 0) is 9.53 Å². The molecule has 0 spiro atoms. The third-order valence-electron chi connectivity index (χ3n) is 1.51. The Morgan fingerprint density at radius 3 is 2.80 bits per heavy atom. The van der Waals surface area contributed by atoms with Crippen LogP contribution >= 0.6 is 23.2 Å². The monoisotopic (exact) mass is 242 g/mol. The standard InChI is InChI=1S/C11H8Cl2O2/c1-2-15-11(14)6-4-8-3-5-9(12)7-10(8)13/h3,5,7H,2H2,1H3. The summed E-state index contributed by atoms with van der Waals surface area (Å²) >= 11 is 11.6. The van der Waals surface area contributed by atoms with Crippen LogP contribution in [0.15, 0.2) is 18.2 Å². The number of ether oxygens (including phenoxy) is 1. The van der Waals surface area contributed by atoms with Gasteiger partial charge in [0, 0.05) is 16.5 Å². The van der Waals surface area contributed by atoms with E-state index in [4.69, 9.17) is 23.2 Å². The van der Waals surface area contributed by atoms with Crippen molar-refractivity contribution < 1.29 is 9.53 Å². The molecule has 1 rings (SSSR count). The molecule has 0 heterocycles. The van der Waals surface area contributed by atoms with Crippen molar-refractivity contribution in [2.75, 3.05) is 6.61 Å². The molecular formula is C11H8Cl2O2. The molecular weight excluding hydrogens is 235 g/mol. The maximum Gasteiger partial charge on any atom is 0.384 e. The lowest BCUT2D eigenvalue weighted by Crippen LogP contribution is -1.99. The maximum atomic E-state index is 10.9. The van der Waals surface area contributed by atoms with Crippen molar-refractivity contribution in [2.45, 2.75) is 6.92 Å². The van der Waals surface area contributed by atoms with E-state index in [-0.39, 0.29) is 0 Å². The van der Waals surface area contributed by atoms with Gasteiger partial charge in [0.25, 0.3) is 0 Å². The largest absolute Gasteiger partial charge is 0.456 e. The highest BCUT2D eigenvalue weighted by atomic mass is 35.5. The minimum absolute atomic E-state index is 0.307. The second kappa shape index (κ2) is 5.65. The SMILES string of the molecule is CCOC(=O)C#Cc1ccc(Cl)cc1Cl. The smallest absolute Gasteiger partial charge is 0.384 e. The normalized spacial score (nSPS) is 9.00. The molecule has 0 saturated heterocycles. The molecule has 0 aliphatic rings. The number of esters is 1. The molecule has 0 atom stereocenters. The fourth-order valence-electron chi connectivity index (χ4n) is 0.876. The zero-order valence-corrected chi connectivity index (χ0v) is 9.52. The molecule has 0 aromatic heterocycles. The first-order valence-corrected chi connectivity index (χ1v) is 5.03. The topological polar surface area (TPSA) is 26.3 Å². The van der Waals surface area contributed by atoms with E-state index in [0.29, 0.717) is 22.2 Å². The number of carbonyl (C=O) groups excluding carboxylic acids is 1. The van der Waals surface area contributed by atoms with Crippen molar-refractivity contribution in [2.24, 2.45) is 0 Å². The molecule has 0 fully saturated rings. The van der Waals surface area contributed by atoms with E-state index in [2.05, 4.69) is 16.6 Å². The summed E-state index contributed by atoms with van der Waals surface area (Å²) in [5.41, 5.74) is 0.550. The summed E-state index contributed by atoms with van der Waals surface area (Å²) in [4.78, 5) is 10.9. The molecule has 0 aliphatic carbocycles. The van der Waals surface area contributed by atoms with Crippen molar-refractivity contribution in [3.8, 4) is 11.8 Å². The highest BCUT2D eigenvalue weighted by Gasteiger charge is 1.98. The Bertz CT molecular complexity index is 430. The van der Waals surface area contributed by atoms with E-state index in [1.54, 1.807) is 25.1 Å². The van der Waals surface area contributed by atoms with E-state index >= 15 is 0 Å². The molecule has 4 heteroatoms. The number of hydrogen-bond donors (Lipinski definition) is 0. The van der Waals surface area contributed by atoms with Gasteiger partial charge < -0.3 is 4.74 Å². The van der Waals surface area contributed by atoms with Crippen molar-refractivity contribution >= 4 is 29.2 Å². The van der Waals surface area contributed by atoms with Crippen LogP contribution in [0.3, 0.4) is 0 Å². The summed E-state index contributed by atoms with van der Waals surface area (Å²) < 4.78 is 4.65. The van der Waals surface area contributed by atoms with E-state index in [1.807, 2.05) is 0 Å². The van der Waals surface area contributed by atoms with Crippen LogP contribution in [0.2, 0.25) is 10.0 Å². The number of benzene rings is 1. The highest BCUT2D eigenvalue weighted by molar-refractivity contribution is 6.35. The van der Waals surface area contributed by atoms with Gasteiger partial charge in [0.05, 0.1) is 11.6 Å². The van der Waals surface area contributed by atoms with Gasteiger partial charge in [0.15, 0.2) is 0 Å². The molecule has 2 nitrogen and oxygen atoms in total. The maximum absolute atomic E-state index is 10.9. The van der Waals surface area contributed by atoms with Crippen LogP contribution in [0.1, 0.15) is 12.5 Å². The summed E-state index contributed by atoms with van der Waals surface area (Å²) in [5, 5.41) is 0.945. The Hall–Kier alpha value is -1.17. The first-order valence-electron chi connectivity index (χ1n) is 4.27. The molecule has 0 saturated carbocycles. The van der Waals surface area contributed by atoms with E-state index < -0.39 is 5.97 Å². The number of halogens is 2. The second-order valence-electron chi connectivity index (χ2n) is 2.59. The summed E-state index contributed by atoms with van der Waals surface area (Å²) in [6, 6.07) is 4.87. The van der Waals surface area contributed by atoms with E-state index in [9.17, 15) is 4.79 Å². The Kier molecular flexibility index (Phi) is 4.48. The minimum Gasteiger partial charge on any atom is -0.456 e. The Balaban J connectivity index is 2.84. The number of carbonyl (C=O) groups is 1. The number of hydrogen-bond acceptors (Lipinski definition) is 2. The zero-order chi connectivity index (χ0) is 11.3. The summed E-state index contributed by atoms with van der Waals surface area (Å²) in [5.74, 6) is 4.36. The molecule has 0 unspecified atom stereocenters. The minimum atomic E-state index is -0.566. The quantitative estimate of drug-likeness (QED) is 0.560. The van der Waals surface area contributed by atoms with Gasteiger partial charge in [0.2, 0.25) is 0 Å². The first kappa shape index (κ1) is 11.9. The van der Waals surface area contributed by atoms with Crippen molar-refractivity contribution in [3.63, 3.8) is 0 Å². The van der Waals surface area contributed by atoms with Crippen molar-refractivity contribution in [1.82, 2.24) is 0 Å². The van der Waals surface area contributed by atoms with Crippen molar-refractivity contribution in [1.29, 1.82) is 0 Å². The van der Waals surface area contributed by atoms with Gasteiger partial charge in [-0.25, -0.2) is 4.79 Å². The lowest BCUT2D eigenvalue weighted by atomic mass is 10.2. The van der Waals surface area contributed by atoms with Crippen LogP contribution in [0.5, 0.6) is 0 Å². The Morgan fingerprint density at radius 1 is 1.47 bits per heavy atom. The summed E-state index contributed by atoms with van der Waals surface area (Å²) in [6.45, 7) is 2.02. The van der Waals surface area contributed by atoms with Gasteiger partial charge in [0.1, 0.15) is 0 Å². The summed E-state index contributed by atoms with van der Waals surface area (Å²) in [6.07, 6.45) is 0. The van der Waals surface area contributed by atoms with Gasteiger partial charge in [-0.3, -0.25) is 0 Å². The fraction of sp³-hybridized carbons (Fsp3) is 0.182. The summed E-state index contributed by atoms with van der Waals surface area (Å²) in [7, 11) is 0. The molecule has 78 valence electrons. The van der Waals surface area contributed by atoms with Crippen LogP contribution < -0.4 is 0 Å². The molecule has 0 radical (unpaired) electrons. The Labute approximate surface area is 98.1 Å². The van der Waals surface area contributed by atoms with Gasteiger partial charge in [-0.2, -0.15) is 0 Å². The molecule has 1 aromatic carbocycles. The molecule has 15 heavy (non-hydrogen) atoms. The first-order chi connectivity index (χ1) is 7.13. The van der Waals surface area contributed by atoms with E-state index in [0.717, 1.165) is 0 Å². The molecule has 0 amide bonds. The lowest BCUT2D eigenvalue weighted by Gasteiger charge is -1.95. The average Bonchev–Trinajstić information content (AvgIpc) is 2.17. The van der Waals surface area contributed by atoms with Gasteiger partial charge in [-0.15, -0.1) is 0 Å². The van der Waals surface area contributed by atoms with Crippen molar-refractivity contribution in [3.05, 3.63) is 33.8 Å². The van der Waals surface area contributed by atoms with Gasteiger partial charge in [-0.05, 0) is 25.1 Å². The highest BCUT2D eigenvalue weighted by Crippen LogP contribution is 2.19. The zero-order valence-electron chi connectivity index (χ0n) is 8.01. The molecule has 0 aliphatic heterocycles. The lowest BCUT2D eigenvalue weighted by molar-refractivity contribution is -0.136. The van der Waals surface area contributed by atoms with Crippen LogP contribution in [0.4, 0.5) is 0 Å². The molecule has 0 bridgehead atoms. The van der Waals surface area contributed by atoms with E-state index in [1.165, 1.54) is 0 Å². The third-order valence-corrected chi connectivity index (χ3v) is 2.05. The fourth-order valence-corrected chi connectivity index (χ4v) is 1.33. The molecule has 0 N–H and O–H groups in total. The van der Waals surface area contributed by atoms with Gasteiger partial charge >= 0.3 is 5.97 Å². The molecule has 1 aromatic rings. The van der Waals surface area contributed by atoms with Crippen LogP contribution in [-0.4, -0.2) is 12.6 Å². The van der Waals surface area contributed by atoms with Crippen LogP contribution in [0.25, 0.3) is 0 Å². The van der Waals surface area contributed by atoms with Crippen LogP contribution in [0, 0.1) is 11.8 Å². The second-order valence-corrected chi connectivity index (χ2v) is 3.44. The predicted molar refractivity (Wildman–Crippen MR) is 60.0 cm³/mol. The van der Waals surface area contributed by atoms with Gasteiger partial charge in [-0.1, -0.05) is 29.1 Å². The third kappa shape index (κ3) is 3.83. The number of rotatable bonds is 1. The Morgan fingerprint density at radius 2 is 2.20 bits per heavy atom. The predicted octanol–water partition coefficient (Wildman–Crippen LogP) is 2.91. The average molecular weight is 243 g/mol.